The standard InChI is InChI=1S/C16H22O3S2/c1-18-12-6-5-7-13(10-12)21-15-9-4-3-8-14(15)20-11-16(17)19-2/h5-7,10,14-15H,3-4,8-9,11H2,1-2H3/t14-,15-/m1/s1. The van der Waals surface area contributed by atoms with Crippen LogP contribution in [-0.2, 0) is 9.53 Å². The molecule has 1 saturated carbocycles. The number of rotatable bonds is 6. The lowest BCUT2D eigenvalue weighted by Crippen LogP contribution is -2.25. The largest absolute Gasteiger partial charge is 0.497 e. The van der Waals surface area contributed by atoms with Gasteiger partial charge in [0, 0.05) is 15.4 Å². The minimum Gasteiger partial charge on any atom is -0.497 e. The summed E-state index contributed by atoms with van der Waals surface area (Å²) >= 11 is 3.65. The van der Waals surface area contributed by atoms with Gasteiger partial charge in [-0.15, -0.1) is 23.5 Å². The number of hydrogen-bond donors (Lipinski definition) is 0. The molecule has 3 nitrogen and oxygen atoms in total. The van der Waals surface area contributed by atoms with Crippen LogP contribution in [0.2, 0.25) is 0 Å². The Kier molecular flexibility index (Phi) is 6.77. The van der Waals surface area contributed by atoms with Gasteiger partial charge in [-0.3, -0.25) is 4.79 Å². The zero-order valence-corrected chi connectivity index (χ0v) is 14.2. The molecule has 5 heteroatoms. The highest BCUT2D eigenvalue weighted by Crippen LogP contribution is 2.40. The highest BCUT2D eigenvalue weighted by Gasteiger charge is 2.27. The Morgan fingerprint density at radius 2 is 2.00 bits per heavy atom. The van der Waals surface area contributed by atoms with Gasteiger partial charge in [0.2, 0.25) is 0 Å². The van der Waals surface area contributed by atoms with Crippen molar-refractivity contribution >= 4 is 29.5 Å². The molecule has 21 heavy (non-hydrogen) atoms. The number of benzene rings is 1. The maximum atomic E-state index is 11.3. The second-order valence-electron chi connectivity index (χ2n) is 5.05. The van der Waals surface area contributed by atoms with Gasteiger partial charge in [0.05, 0.1) is 20.0 Å². The van der Waals surface area contributed by atoms with Gasteiger partial charge < -0.3 is 9.47 Å². The molecule has 0 heterocycles. The molecule has 0 aliphatic heterocycles. The van der Waals surface area contributed by atoms with Gasteiger partial charge in [0.1, 0.15) is 5.75 Å². The summed E-state index contributed by atoms with van der Waals surface area (Å²) in [5.74, 6) is 1.22. The zero-order chi connectivity index (χ0) is 15.1. The van der Waals surface area contributed by atoms with Crippen molar-refractivity contribution in [3.8, 4) is 5.75 Å². The average molecular weight is 326 g/mol. The van der Waals surface area contributed by atoms with E-state index in [1.54, 1.807) is 18.9 Å². The second kappa shape index (κ2) is 8.59. The Morgan fingerprint density at radius 3 is 2.71 bits per heavy atom. The molecule has 1 fully saturated rings. The number of carbonyl (C=O) groups excluding carboxylic acids is 1. The van der Waals surface area contributed by atoms with Crippen molar-refractivity contribution in [1.29, 1.82) is 0 Å². The maximum absolute atomic E-state index is 11.3. The molecule has 2 atom stereocenters. The van der Waals surface area contributed by atoms with E-state index in [4.69, 9.17) is 9.47 Å². The summed E-state index contributed by atoms with van der Waals surface area (Å²) in [6, 6.07) is 8.21. The van der Waals surface area contributed by atoms with Crippen LogP contribution in [0.5, 0.6) is 5.75 Å². The Labute approximate surface area is 135 Å². The number of thioether (sulfide) groups is 2. The summed E-state index contributed by atoms with van der Waals surface area (Å²) in [4.78, 5) is 12.6. The molecule has 1 aromatic carbocycles. The van der Waals surface area contributed by atoms with Crippen molar-refractivity contribution in [1.82, 2.24) is 0 Å². The summed E-state index contributed by atoms with van der Waals surface area (Å²) in [5, 5.41) is 1.08. The van der Waals surface area contributed by atoms with Gasteiger partial charge in [-0.25, -0.2) is 0 Å². The third-order valence-corrected chi connectivity index (χ3v) is 6.57. The smallest absolute Gasteiger partial charge is 0.315 e. The van der Waals surface area contributed by atoms with Gasteiger partial charge in [-0.2, -0.15) is 0 Å². The molecule has 2 rings (SSSR count). The Morgan fingerprint density at radius 1 is 1.24 bits per heavy atom. The van der Waals surface area contributed by atoms with Gasteiger partial charge in [0.25, 0.3) is 0 Å². The SMILES string of the molecule is COC(=O)CS[C@@H]1CCCC[C@H]1Sc1cccc(OC)c1. The molecule has 0 saturated heterocycles. The normalized spacial score (nSPS) is 21.8. The van der Waals surface area contributed by atoms with Crippen molar-refractivity contribution in [2.24, 2.45) is 0 Å². The fraction of sp³-hybridized carbons (Fsp3) is 0.562. The van der Waals surface area contributed by atoms with Gasteiger partial charge in [0.15, 0.2) is 0 Å². The number of esters is 1. The van der Waals surface area contributed by atoms with E-state index >= 15 is 0 Å². The first-order valence-corrected chi connectivity index (χ1v) is 9.15. The minimum absolute atomic E-state index is 0.129. The first-order valence-electron chi connectivity index (χ1n) is 7.22. The Bertz CT molecular complexity index is 465. The van der Waals surface area contributed by atoms with Gasteiger partial charge in [-0.1, -0.05) is 18.9 Å². The van der Waals surface area contributed by atoms with Crippen LogP contribution in [0.25, 0.3) is 0 Å². The third kappa shape index (κ3) is 5.15. The molecule has 0 spiro atoms. The van der Waals surface area contributed by atoms with Crippen LogP contribution in [0, 0.1) is 0 Å². The van der Waals surface area contributed by atoms with E-state index in [2.05, 4.69) is 12.1 Å². The summed E-state index contributed by atoms with van der Waals surface area (Å²) < 4.78 is 10.0. The van der Waals surface area contributed by atoms with E-state index in [1.165, 1.54) is 37.7 Å². The van der Waals surface area contributed by atoms with E-state index in [0.29, 0.717) is 16.3 Å². The highest BCUT2D eigenvalue weighted by molar-refractivity contribution is 8.04. The second-order valence-corrected chi connectivity index (χ2v) is 7.59. The first-order chi connectivity index (χ1) is 10.2. The number of carbonyl (C=O) groups is 1. The van der Waals surface area contributed by atoms with Crippen molar-refractivity contribution < 1.29 is 14.3 Å². The van der Waals surface area contributed by atoms with E-state index in [0.717, 1.165) is 5.75 Å². The van der Waals surface area contributed by atoms with E-state index in [-0.39, 0.29) is 5.97 Å². The molecular formula is C16H22O3S2. The maximum Gasteiger partial charge on any atom is 0.315 e. The fourth-order valence-corrected chi connectivity index (χ4v) is 5.29. The molecule has 1 aliphatic rings. The average Bonchev–Trinajstić information content (AvgIpc) is 2.54. The van der Waals surface area contributed by atoms with Crippen LogP contribution >= 0.6 is 23.5 Å². The highest BCUT2D eigenvalue weighted by atomic mass is 32.2. The molecule has 1 aromatic rings. The number of methoxy groups -OCH3 is 2. The Balaban J connectivity index is 1.96. The van der Waals surface area contributed by atoms with Crippen molar-refractivity contribution in [3.63, 3.8) is 0 Å². The summed E-state index contributed by atoms with van der Waals surface area (Å²) in [6.45, 7) is 0. The predicted molar refractivity (Wildman–Crippen MR) is 89.4 cm³/mol. The minimum atomic E-state index is -0.129. The van der Waals surface area contributed by atoms with Crippen molar-refractivity contribution in [2.75, 3.05) is 20.0 Å². The molecular weight excluding hydrogens is 304 g/mol. The van der Waals surface area contributed by atoms with Crippen LogP contribution < -0.4 is 4.74 Å². The quantitative estimate of drug-likeness (QED) is 0.738. The van der Waals surface area contributed by atoms with Crippen molar-refractivity contribution in [3.05, 3.63) is 24.3 Å². The predicted octanol–water partition coefficient (Wildman–Crippen LogP) is 4.00. The molecule has 0 bridgehead atoms. The lowest BCUT2D eigenvalue weighted by atomic mass is 10.00. The van der Waals surface area contributed by atoms with Crippen molar-refractivity contribution in [2.45, 2.75) is 41.1 Å². The molecule has 0 aromatic heterocycles. The monoisotopic (exact) mass is 326 g/mol. The summed E-state index contributed by atoms with van der Waals surface area (Å²) in [7, 11) is 3.14. The number of ether oxygens (including phenoxy) is 2. The Hall–Kier alpha value is -0.810. The summed E-state index contributed by atoms with van der Waals surface area (Å²) in [6.07, 6.45) is 4.93. The molecule has 0 unspecified atom stereocenters. The van der Waals surface area contributed by atoms with Crippen LogP contribution in [0.4, 0.5) is 0 Å². The van der Waals surface area contributed by atoms with Crippen LogP contribution in [0.15, 0.2) is 29.2 Å². The van der Waals surface area contributed by atoms with Gasteiger partial charge >= 0.3 is 5.97 Å². The van der Waals surface area contributed by atoms with Crippen LogP contribution in [0.3, 0.4) is 0 Å². The topological polar surface area (TPSA) is 35.5 Å². The third-order valence-electron chi connectivity index (χ3n) is 3.61. The van der Waals surface area contributed by atoms with E-state index < -0.39 is 0 Å². The van der Waals surface area contributed by atoms with Crippen LogP contribution in [0.1, 0.15) is 25.7 Å². The molecule has 1 aliphatic carbocycles. The fourth-order valence-electron chi connectivity index (χ4n) is 2.47. The lowest BCUT2D eigenvalue weighted by Gasteiger charge is -2.30. The molecule has 0 amide bonds. The molecule has 0 N–H and O–H groups in total. The molecule has 116 valence electrons. The first kappa shape index (κ1) is 16.6. The zero-order valence-electron chi connectivity index (χ0n) is 12.5. The molecule has 0 radical (unpaired) electrons. The summed E-state index contributed by atoms with van der Waals surface area (Å²) in [5.41, 5.74) is 0. The lowest BCUT2D eigenvalue weighted by molar-refractivity contribution is -0.137. The number of hydrogen-bond acceptors (Lipinski definition) is 5. The van der Waals surface area contributed by atoms with Crippen LogP contribution in [-0.4, -0.2) is 36.4 Å². The van der Waals surface area contributed by atoms with Gasteiger partial charge in [-0.05, 0) is 31.0 Å². The van der Waals surface area contributed by atoms with E-state index in [1.807, 2.05) is 23.9 Å². The van der Waals surface area contributed by atoms with E-state index in [9.17, 15) is 4.79 Å².